The van der Waals surface area contributed by atoms with Crippen LogP contribution >= 0.6 is 0 Å². The van der Waals surface area contributed by atoms with Crippen LogP contribution in [0.2, 0.25) is 0 Å². The van der Waals surface area contributed by atoms with Crippen LogP contribution in [-0.2, 0) is 4.79 Å². The first-order valence-corrected chi connectivity index (χ1v) is 3.39. The number of benzene rings is 1. The van der Waals surface area contributed by atoms with E-state index in [0.717, 1.165) is 0 Å². The normalized spacial score (nSPS) is 12.7. The lowest BCUT2D eigenvalue weighted by Gasteiger charge is -2.02. The highest BCUT2D eigenvalue weighted by Gasteiger charge is 1.94. The minimum Gasteiger partial charge on any atom is -0.497 e. The smallest absolute Gasteiger partial charge is 0.221 e. The molecule has 1 N–H and O–H groups in total. The van der Waals surface area contributed by atoms with Gasteiger partial charge in [-0.05, 0) is 24.2 Å². The van der Waals surface area contributed by atoms with Crippen LogP contribution in [0.4, 0.5) is 5.69 Å². The Morgan fingerprint density at radius 2 is 2.33 bits per heavy atom. The van der Waals surface area contributed by atoms with E-state index in [-0.39, 0.29) is 35.5 Å². The number of rotatable bonds is 2. The number of ether oxygens (including phenoxy) is 1. The minimum absolute atomic E-state index is 0.0257. The van der Waals surface area contributed by atoms with Crippen molar-refractivity contribution in [3.63, 3.8) is 0 Å². The summed E-state index contributed by atoms with van der Waals surface area (Å²) < 4.78 is 27.4. The molecule has 3 nitrogen and oxygen atoms in total. The third kappa shape index (κ3) is 2.27. The van der Waals surface area contributed by atoms with Gasteiger partial charge in [0.2, 0.25) is 5.91 Å². The van der Waals surface area contributed by atoms with Gasteiger partial charge in [0.1, 0.15) is 5.75 Å². The van der Waals surface area contributed by atoms with Crippen molar-refractivity contribution in [3.05, 3.63) is 24.2 Å². The summed E-state index contributed by atoms with van der Waals surface area (Å²) in [4.78, 5) is 10.8. The van der Waals surface area contributed by atoms with Crippen LogP contribution in [0.25, 0.3) is 0 Å². The van der Waals surface area contributed by atoms with Crippen LogP contribution in [0.15, 0.2) is 24.2 Å². The molecule has 0 bridgehead atoms. The lowest BCUT2D eigenvalue weighted by Crippen LogP contribution is -2.05. The molecule has 12 heavy (non-hydrogen) atoms. The molecule has 0 unspecified atom stereocenters. The largest absolute Gasteiger partial charge is 0.497 e. The zero-order chi connectivity index (χ0) is 11.6. The van der Waals surface area contributed by atoms with Crippen LogP contribution in [0.3, 0.4) is 0 Å². The highest BCUT2D eigenvalue weighted by molar-refractivity contribution is 5.88. The maximum atomic E-state index is 10.8. The number of carbonyl (C=O) groups is 1. The first-order valence-electron chi connectivity index (χ1n) is 4.89. The summed E-state index contributed by atoms with van der Waals surface area (Å²) >= 11 is 0. The van der Waals surface area contributed by atoms with Gasteiger partial charge in [0, 0.05) is 12.6 Å². The van der Waals surface area contributed by atoms with Gasteiger partial charge in [-0.3, -0.25) is 4.79 Å². The minimum atomic E-state index is -0.340. The molecule has 0 fully saturated rings. The number of methoxy groups -OCH3 is 1. The summed E-state index contributed by atoms with van der Waals surface area (Å²) in [6, 6.07) is 0.912. The first kappa shape index (κ1) is 5.19. The Morgan fingerprint density at radius 3 is 2.92 bits per heavy atom. The maximum Gasteiger partial charge on any atom is 0.221 e. The lowest BCUT2D eigenvalue weighted by molar-refractivity contribution is -0.114. The van der Waals surface area contributed by atoms with Crippen molar-refractivity contribution in [2.45, 2.75) is 6.92 Å². The lowest BCUT2D eigenvalue weighted by atomic mass is 10.3. The molecular weight excluding hydrogens is 154 g/mol. The highest BCUT2D eigenvalue weighted by Crippen LogP contribution is 2.14. The van der Waals surface area contributed by atoms with E-state index in [4.69, 9.17) is 8.85 Å². The van der Waals surface area contributed by atoms with Gasteiger partial charge < -0.3 is 10.1 Å². The molecule has 64 valence electrons. The topological polar surface area (TPSA) is 38.3 Å². The Hall–Kier alpha value is -1.51. The summed E-state index contributed by atoms with van der Waals surface area (Å²) in [5, 5.41) is 2.38. The molecule has 0 aliphatic carbocycles. The Bertz CT molecular complexity index is 407. The number of anilines is 1. The summed E-state index contributed by atoms with van der Waals surface area (Å²) in [6.07, 6.45) is 0. The van der Waals surface area contributed by atoms with Gasteiger partial charge in [-0.1, -0.05) is 0 Å². The van der Waals surface area contributed by atoms with Gasteiger partial charge in [0.25, 0.3) is 0 Å². The standard InChI is InChI=1S/C9H11NO2/c1-7(11)10-8-3-5-9(12-2)6-4-8/h3-6H,1-2H3,(H,10,11)/i3D,5D,6D. The Kier molecular flexibility index (Phi) is 1.63. The number of amides is 1. The maximum absolute atomic E-state index is 10.8. The SMILES string of the molecule is [2H]c1cc(NC(C)=O)c([2H])c([2H])c1OC. The third-order valence-electron chi connectivity index (χ3n) is 1.17. The molecule has 0 aliphatic heterocycles. The molecule has 0 aromatic heterocycles. The molecule has 0 saturated carbocycles. The second kappa shape index (κ2) is 3.76. The molecule has 0 aliphatic rings. The summed E-state index contributed by atoms with van der Waals surface area (Å²) in [5.41, 5.74) is 0.151. The van der Waals surface area contributed by atoms with E-state index in [1.165, 1.54) is 20.1 Å². The van der Waals surface area contributed by atoms with E-state index in [1.54, 1.807) is 0 Å². The molecule has 0 radical (unpaired) electrons. The molecule has 3 heteroatoms. The Morgan fingerprint density at radius 1 is 1.58 bits per heavy atom. The average molecular weight is 168 g/mol. The van der Waals surface area contributed by atoms with Crippen LogP contribution in [0.5, 0.6) is 5.75 Å². The molecule has 0 atom stereocenters. The number of nitrogens with one attached hydrogen (secondary N) is 1. The first-order chi connectivity index (χ1) is 6.97. The van der Waals surface area contributed by atoms with Crippen LogP contribution in [0, 0.1) is 0 Å². The molecule has 1 rings (SSSR count). The van der Waals surface area contributed by atoms with E-state index < -0.39 is 0 Å². The molecule has 0 spiro atoms. The second-order valence-electron chi connectivity index (χ2n) is 2.17. The molecule has 0 heterocycles. The van der Waals surface area contributed by atoms with Gasteiger partial charge in [0.15, 0.2) is 0 Å². The average Bonchev–Trinajstić information content (AvgIpc) is 2.14. The van der Waals surface area contributed by atoms with Crippen molar-refractivity contribution in [1.82, 2.24) is 0 Å². The Balaban J connectivity index is 3.27. The van der Waals surface area contributed by atoms with Gasteiger partial charge in [0.05, 0.1) is 11.2 Å². The van der Waals surface area contributed by atoms with Crippen molar-refractivity contribution < 1.29 is 13.6 Å². The van der Waals surface area contributed by atoms with E-state index in [1.807, 2.05) is 0 Å². The van der Waals surface area contributed by atoms with Crippen molar-refractivity contribution in [2.24, 2.45) is 0 Å². The van der Waals surface area contributed by atoms with Crippen molar-refractivity contribution >= 4 is 11.6 Å². The van der Waals surface area contributed by atoms with E-state index in [0.29, 0.717) is 0 Å². The number of carbonyl (C=O) groups excluding carboxylic acids is 1. The quantitative estimate of drug-likeness (QED) is 0.729. The van der Waals surface area contributed by atoms with Crippen molar-refractivity contribution in [2.75, 3.05) is 12.4 Å². The van der Waals surface area contributed by atoms with Crippen LogP contribution in [-0.4, -0.2) is 13.0 Å². The number of hydrogen-bond donors (Lipinski definition) is 1. The zero-order valence-electron chi connectivity index (χ0n) is 9.89. The van der Waals surface area contributed by atoms with E-state index in [2.05, 4.69) is 5.32 Å². The van der Waals surface area contributed by atoms with Gasteiger partial charge in [-0.25, -0.2) is 0 Å². The molecule has 1 amide bonds. The molecule has 1 aromatic rings. The zero-order valence-corrected chi connectivity index (χ0v) is 6.89. The van der Waals surface area contributed by atoms with Gasteiger partial charge in [-0.2, -0.15) is 0 Å². The predicted molar refractivity (Wildman–Crippen MR) is 47.3 cm³/mol. The van der Waals surface area contributed by atoms with Gasteiger partial charge in [-0.15, -0.1) is 0 Å². The van der Waals surface area contributed by atoms with E-state index in [9.17, 15) is 4.79 Å². The monoisotopic (exact) mass is 168 g/mol. The van der Waals surface area contributed by atoms with Crippen molar-refractivity contribution in [1.29, 1.82) is 0 Å². The van der Waals surface area contributed by atoms with Crippen molar-refractivity contribution in [3.8, 4) is 5.75 Å². The summed E-state index contributed by atoms with van der Waals surface area (Å²) in [7, 11) is 1.34. The highest BCUT2D eigenvalue weighted by atomic mass is 16.5. The second-order valence-corrected chi connectivity index (χ2v) is 2.17. The fraction of sp³-hybridized carbons (Fsp3) is 0.222. The molecule has 0 saturated heterocycles. The van der Waals surface area contributed by atoms with Crippen LogP contribution < -0.4 is 10.1 Å². The predicted octanol–water partition coefficient (Wildman–Crippen LogP) is 1.65. The van der Waals surface area contributed by atoms with Crippen LogP contribution in [0.1, 0.15) is 11.0 Å². The summed E-state index contributed by atoms with van der Waals surface area (Å²) in [5.74, 6) is -0.304. The van der Waals surface area contributed by atoms with E-state index >= 15 is 0 Å². The summed E-state index contributed by atoms with van der Waals surface area (Å²) in [6.45, 7) is 1.30. The fourth-order valence-electron chi connectivity index (χ4n) is 0.701. The molecular formula is C9H11NO2. The fourth-order valence-corrected chi connectivity index (χ4v) is 0.701. The van der Waals surface area contributed by atoms with Gasteiger partial charge >= 0.3 is 0 Å². The molecule has 1 aromatic carbocycles. The Labute approximate surface area is 75.6 Å². The number of hydrogen-bond acceptors (Lipinski definition) is 2. The third-order valence-corrected chi connectivity index (χ3v) is 1.17.